The molecule has 2 unspecified atom stereocenters. The van der Waals surface area contributed by atoms with Gasteiger partial charge in [-0.3, -0.25) is 41.3 Å². The summed E-state index contributed by atoms with van der Waals surface area (Å²) in [6.07, 6.45) is -11.5. The molecule has 0 bridgehead atoms. The highest BCUT2D eigenvalue weighted by Crippen LogP contribution is 2.39. The summed E-state index contributed by atoms with van der Waals surface area (Å²) >= 11 is 6.31. The number of rotatable bonds is 16. The van der Waals surface area contributed by atoms with E-state index in [0.717, 1.165) is 12.2 Å². The van der Waals surface area contributed by atoms with Gasteiger partial charge in [-0.1, -0.05) is 72.8 Å². The third-order valence-electron chi connectivity index (χ3n) is 9.58. The first-order valence-electron chi connectivity index (χ1n) is 22.5. The third kappa shape index (κ3) is 21.0. The Labute approximate surface area is 468 Å². The lowest BCUT2D eigenvalue weighted by molar-refractivity contribution is -0.270. The monoisotopic (exact) mass is 1250 g/mol. The minimum atomic E-state index is -5.17. The van der Waals surface area contributed by atoms with Gasteiger partial charge in [0.1, 0.15) is 20.4 Å². The molecule has 0 aliphatic carbocycles. The number of carbonyl (C=O) groups is 6. The van der Waals surface area contributed by atoms with Crippen molar-refractivity contribution in [1.82, 2.24) is 26.2 Å². The van der Waals surface area contributed by atoms with Crippen molar-refractivity contribution in [3.05, 3.63) is 141 Å². The molecule has 428 valence electrons. The largest absolute Gasteiger partial charge is 0.476 e. The first kappa shape index (κ1) is 69.4. The van der Waals surface area contributed by atoms with E-state index in [1.807, 2.05) is 5.43 Å². The van der Waals surface area contributed by atoms with Crippen LogP contribution in [0.2, 0.25) is 0 Å². The highest BCUT2D eigenvalue weighted by Gasteiger charge is 2.62. The first-order chi connectivity index (χ1) is 35.6. The molecule has 2 heterocycles. The fourth-order valence-electron chi connectivity index (χ4n) is 5.98. The lowest BCUT2D eigenvalue weighted by Gasteiger charge is -2.33. The Morgan fingerprint density at radius 3 is 1.32 bits per heavy atom. The molecule has 5 amide bonds. The molecular weight excluding hydrogens is 1200 g/mol. The van der Waals surface area contributed by atoms with Gasteiger partial charge < -0.3 is 24.1 Å². The number of benzene rings is 2. The number of hydrogen-bond acceptors (Lipinski definition) is 13. The average molecular weight is 1260 g/mol. The summed E-state index contributed by atoms with van der Waals surface area (Å²) in [5.41, 5.74) is -1.21. The van der Waals surface area contributed by atoms with Crippen LogP contribution in [0.25, 0.3) is 0 Å². The van der Waals surface area contributed by atoms with Crippen LogP contribution < -0.4 is 32.8 Å². The van der Waals surface area contributed by atoms with Gasteiger partial charge in [-0.15, -0.1) is 25.6 Å². The number of aryl methyl sites for hydroxylation is 2. The lowest BCUT2D eigenvalue weighted by atomic mass is 9.97. The molecule has 4 rings (SSSR count). The maximum Gasteiger partial charge on any atom is 0.427 e. The van der Waals surface area contributed by atoms with E-state index in [1.165, 1.54) is 29.7 Å². The second kappa shape index (κ2) is 29.9. The molecule has 19 nitrogen and oxygen atoms in total. The summed E-state index contributed by atoms with van der Waals surface area (Å²) < 4.78 is 103. The van der Waals surface area contributed by atoms with Crippen molar-refractivity contribution in [3.63, 3.8) is 0 Å². The summed E-state index contributed by atoms with van der Waals surface area (Å²) in [5.74, 6) is -0.634. The zero-order valence-electron chi connectivity index (χ0n) is 43.3. The average Bonchev–Trinajstić information content (AvgIpc) is 3.31. The van der Waals surface area contributed by atoms with Crippen molar-refractivity contribution in [2.45, 2.75) is 116 Å². The number of hydrogen-bond donors (Lipinski definition) is 7. The van der Waals surface area contributed by atoms with E-state index in [4.69, 9.17) is 29.9 Å². The number of amides is 5. The number of carbonyl (C=O) groups excluding carboxylic acids is 5. The summed E-state index contributed by atoms with van der Waals surface area (Å²) in [6.45, 7) is 19.1. The van der Waals surface area contributed by atoms with Gasteiger partial charge in [0.15, 0.2) is 11.4 Å². The zero-order valence-corrected chi connectivity index (χ0v) is 47.2. The molecule has 0 aliphatic heterocycles. The van der Waals surface area contributed by atoms with Crippen LogP contribution in [0, 0.1) is 13.8 Å². The molecule has 2 aromatic carbocycles. The number of nitrogens with one attached hydrogen (secondary N) is 5. The van der Waals surface area contributed by atoms with Gasteiger partial charge in [-0.05, 0) is 122 Å². The van der Waals surface area contributed by atoms with E-state index in [9.17, 15) is 55.1 Å². The van der Waals surface area contributed by atoms with Gasteiger partial charge in [-0.2, -0.15) is 26.3 Å². The van der Waals surface area contributed by atoms with Crippen LogP contribution in [-0.2, 0) is 41.8 Å². The van der Waals surface area contributed by atoms with Crippen LogP contribution in [0.5, 0.6) is 0 Å². The second-order valence-electron chi connectivity index (χ2n) is 18.1. The maximum absolute atomic E-state index is 14.2. The standard InChI is InChI=1S/C25H28BrF3N4O5.C13H15F3N2O2.C12H15BrN2O4.ClH/c1-6-12-24(25(27,28)29,37-14-16-10-8-7-9-11-16)21(35)33-32-20(34)18-17(13-15(2)19(26)31-18)30-22(36)38-23(3,4)5;1-2-8-12(11(19)18-17,13(14,15)16)20-9-10-6-4-3-5-7-10;1-6-5-7(8(10(16)17)15-9(6)13)14-11(18)19-12(2,3)4;/h6-11,13H,1,12,14H2,2-5H3,(H,30,36)(H,32,34)(H,33,35);2-7H,1,8-9,17H2,(H,18,19);5H,1-4H3,(H,14,18)(H,16,17);1H. The number of alkyl halides is 6. The Morgan fingerprint density at radius 1 is 0.628 bits per heavy atom. The predicted octanol–water partition coefficient (Wildman–Crippen LogP) is 11.0. The van der Waals surface area contributed by atoms with E-state index >= 15 is 0 Å². The molecular formula is C50H59Br2ClF6N8O11. The molecule has 28 heteroatoms. The Hall–Kier alpha value is -6.65. The smallest absolute Gasteiger partial charge is 0.427 e. The minimum Gasteiger partial charge on any atom is -0.476 e. The molecule has 2 aromatic heterocycles. The van der Waals surface area contributed by atoms with E-state index < -0.39 is 95.8 Å². The van der Waals surface area contributed by atoms with Crippen LogP contribution in [0.4, 0.5) is 47.3 Å². The molecule has 0 saturated carbocycles. The number of nitrogens with zero attached hydrogens (tertiary/aromatic N) is 2. The summed E-state index contributed by atoms with van der Waals surface area (Å²) in [4.78, 5) is 80.2. The van der Waals surface area contributed by atoms with Crippen LogP contribution in [0.3, 0.4) is 0 Å². The van der Waals surface area contributed by atoms with Crippen molar-refractivity contribution in [3.8, 4) is 0 Å². The fraction of sp³-hybridized carbons (Fsp3) is 0.360. The van der Waals surface area contributed by atoms with Crippen molar-refractivity contribution < 1.29 is 79.2 Å². The molecule has 8 N–H and O–H groups in total. The number of ether oxygens (including phenoxy) is 4. The SMILES string of the molecule is C=CCC(OCc1ccccc1)(C(=O)NN)C(F)(F)F.C=CCC(OCc1ccccc1)(C(=O)NNC(=O)c1nc(Br)c(C)cc1NC(=O)OC(C)(C)C)C(F)(F)F.Cc1cc(NC(=O)OC(C)(C)C)c(C(=O)O)nc1Br.Cl. The highest BCUT2D eigenvalue weighted by atomic mass is 79.9. The summed E-state index contributed by atoms with van der Waals surface area (Å²) in [5, 5.41) is 13.8. The number of carboxylic acid groups (broad SMARTS) is 1. The number of anilines is 2. The molecule has 0 fully saturated rings. The molecule has 78 heavy (non-hydrogen) atoms. The Balaban J connectivity index is 0.000000640. The van der Waals surface area contributed by atoms with Crippen molar-refractivity contribution in [2.24, 2.45) is 5.84 Å². The maximum atomic E-state index is 14.2. The van der Waals surface area contributed by atoms with Gasteiger partial charge in [0.05, 0.1) is 24.6 Å². The van der Waals surface area contributed by atoms with Crippen LogP contribution in [0.15, 0.2) is 107 Å². The lowest BCUT2D eigenvalue weighted by Crippen LogP contribution is -2.61. The molecule has 0 spiro atoms. The quantitative estimate of drug-likeness (QED) is 0.0137. The number of aromatic carboxylic acids is 1. The first-order valence-corrected chi connectivity index (χ1v) is 24.1. The Kier molecular flexibility index (Phi) is 26.6. The van der Waals surface area contributed by atoms with Crippen LogP contribution >= 0.6 is 44.3 Å². The van der Waals surface area contributed by atoms with Gasteiger partial charge in [0.2, 0.25) is 11.2 Å². The number of nitrogens with two attached hydrogens (primary N) is 1. The van der Waals surface area contributed by atoms with Gasteiger partial charge in [-0.25, -0.2) is 30.2 Å². The molecule has 2 atom stereocenters. The molecule has 4 aromatic rings. The normalized spacial score (nSPS) is 12.8. The topological polar surface area (TPSA) is 272 Å². The summed E-state index contributed by atoms with van der Waals surface area (Å²) in [7, 11) is 0. The minimum absolute atomic E-state index is 0. The van der Waals surface area contributed by atoms with Gasteiger partial charge in [0, 0.05) is 12.8 Å². The van der Waals surface area contributed by atoms with E-state index in [-0.39, 0.29) is 40.7 Å². The predicted molar refractivity (Wildman–Crippen MR) is 285 cm³/mol. The second-order valence-corrected chi connectivity index (χ2v) is 19.6. The van der Waals surface area contributed by atoms with Gasteiger partial charge >= 0.3 is 30.5 Å². The molecule has 0 saturated heterocycles. The summed E-state index contributed by atoms with van der Waals surface area (Å²) in [6, 6.07) is 19.1. The Bertz CT molecular complexity index is 2730. The van der Waals surface area contributed by atoms with Gasteiger partial charge in [0.25, 0.3) is 17.7 Å². The zero-order chi connectivity index (χ0) is 58.7. The highest BCUT2D eigenvalue weighted by molar-refractivity contribution is 9.10. The van der Waals surface area contributed by atoms with Crippen LogP contribution in [-0.4, -0.2) is 85.7 Å². The number of aromatic nitrogens is 2. The van der Waals surface area contributed by atoms with Crippen molar-refractivity contribution >= 4 is 91.5 Å². The number of halogens is 9. The fourth-order valence-corrected chi connectivity index (χ4v) is 6.56. The molecule has 0 radical (unpaired) electrons. The van der Waals surface area contributed by atoms with Crippen molar-refractivity contribution in [2.75, 3.05) is 10.6 Å². The number of hydrazine groups is 2. The third-order valence-corrected chi connectivity index (χ3v) is 11.2. The Morgan fingerprint density at radius 2 is 0.987 bits per heavy atom. The number of carboxylic acids is 1. The number of pyridine rings is 2. The molecule has 0 aliphatic rings. The van der Waals surface area contributed by atoms with Crippen molar-refractivity contribution in [1.29, 1.82) is 0 Å². The van der Waals surface area contributed by atoms with E-state index in [1.54, 1.807) is 109 Å². The van der Waals surface area contributed by atoms with E-state index in [0.29, 0.717) is 26.9 Å². The van der Waals surface area contributed by atoms with Crippen LogP contribution in [0.1, 0.15) is 97.6 Å². The van der Waals surface area contributed by atoms with E-state index in [2.05, 4.69) is 65.6 Å².